The maximum atomic E-state index is 12.9. The molecule has 0 rings (SSSR count). The highest BCUT2D eigenvalue weighted by Gasteiger charge is 2.25. The first-order chi connectivity index (χ1) is 35.6. The number of allylic oxidation sites excluding steroid dienone is 14. The molecule has 2 unspecified atom stereocenters. The van der Waals surface area contributed by atoms with Crippen LogP contribution >= 0.6 is 0 Å². The molecule has 73 heavy (non-hydrogen) atoms. The fourth-order valence-electron chi connectivity index (χ4n) is 8.14. The molecule has 0 heterocycles. The van der Waals surface area contributed by atoms with Gasteiger partial charge in [0.15, 0.2) is 6.10 Å². The number of nitrogens with zero attached hydrogens (tertiary/aromatic N) is 1. The number of aliphatic carboxylic acids is 1. The monoisotopic (exact) mass is 1020 g/mol. The van der Waals surface area contributed by atoms with Crippen LogP contribution in [0, 0.1) is 0 Å². The highest BCUT2D eigenvalue weighted by Crippen LogP contribution is 2.17. The standard InChI is InChI=1S/C64H111NO8/c1-6-8-10-12-14-16-18-20-22-23-24-25-26-27-28-29-30-31-32-33-34-35-36-37-38-39-41-43-45-47-49-51-53-55-62(67)73-60(59-72-64(63(68)69)70-57-56-65(3,4)5)58-71-61(66)54-52-50-48-46-44-42-40-21-19-17-15-13-11-9-7-2/h8-11,14-17,20-22,24-25,40,60,64H,6-7,12-13,18-19,23,26-39,41-59H2,1-5H3/p+1/b10-8-,11-9-,16-14-,17-15-,22-20-,25-24-,40-21-. The molecule has 9 heteroatoms. The second-order valence-electron chi connectivity index (χ2n) is 20.9. The van der Waals surface area contributed by atoms with Gasteiger partial charge in [0.2, 0.25) is 0 Å². The summed E-state index contributed by atoms with van der Waals surface area (Å²) in [5, 5.41) is 9.70. The SMILES string of the molecule is CC/C=C\C/C=C\C/C=C\C/C=C\CCCCCCCCCCCCCCCCCCCCCCC(=O)OC(COC(=O)CCCCCCC/C=C\C/C=C\C/C=C\CC)COC(OCC[N+](C)(C)C)C(=O)O. The number of carbonyl (C=O) groups is 3. The van der Waals surface area contributed by atoms with Gasteiger partial charge < -0.3 is 28.5 Å². The molecule has 420 valence electrons. The summed E-state index contributed by atoms with van der Waals surface area (Å²) in [5.74, 6) is -2.02. The number of ether oxygens (including phenoxy) is 4. The normalized spacial score (nSPS) is 13.4. The van der Waals surface area contributed by atoms with Crippen molar-refractivity contribution in [2.75, 3.05) is 47.5 Å². The third-order valence-electron chi connectivity index (χ3n) is 12.6. The van der Waals surface area contributed by atoms with E-state index in [1.165, 1.54) is 116 Å². The van der Waals surface area contributed by atoms with Crippen LogP contribution in [0.25, 0.3) is 0 Å². The molecule has 0 aliphatic rings. The maximum Gasteiger partial charge on any atom is 0.361 e. The number of carboxylic acids is 1. The van der Waals surface area contributed by atoms with Crippen molar-refractivity contribution in [2.45, 2.75) is 257 Å². The molecular formula is C64H112NO8+. The van der Waals surface area contributed by atoms with Crippen LogP contribution in [0.3, 0.4) is 0 Å². The highest BCUT2D eigenvalue weighted by molar-refractivity contribution is 5.71. The Kier molecular flexibility index (Phi) is 52.1. The Balaban J connectivity index is 4.10. The zero-order valence-electron chi connectivity index (χ0n) is 47.8. The Morgan fingerprint density at radius 1 is 0.411 bits per heavy atom. The third kappa shape index (κ3) is 56.0. The van der Waals surface area contributed by atoms with Crippen molar-refractivity contribution in [1.29, 1.82) is 0 Å². The van der Waals surface area contributed by atoms with Crippen LogP contribution in [-0.2, 0) is 33.3 Å². The van der Waals surface area contributed by atoms with Gasteiger partial charge in [-0.05, 0) is 83.5 Å². The van der Waals surface area contributed by atoms with E-state index < -0.39 is 24.3 Å². The van der Waals surface area contributed by atoms with E-state index in [2.05, 4.69) is 98.9 Å². The average Bonchev–Trinajstić information content (AvgIpc) is 3.36. The van der Waals surface area contributed by atoms with Gasteiger partial charge in [0.25, 0.3) is 6.29 Å². The Morgan fingerprint density at radius 2 is 0.740 bits per heavy atom. The summed E-state index contributed by atoms with van der Waals surface area (Å²) in [6, 6.07) is 0. The zero-order valence-corrected chi connectivity index (χ0v) is 47.8. The molecule has 0 aliphatic carbocycles. The van der Waals surface area contributed by atoms with Gasteiger partial charge in [-0.15, -0.1) is 0 Å². The molecule has 2 atom stereocenters. The van der Waals surface area contributed by atoms with Gasteiger partial charge in [-0.1, -0.05) is 234 Å². The summed E-state index contributed by atoms with van der Waals surface area (Å²) in [7, 11) is 5.96. The smallest absolute Gasteiger partial charge is 0.361 e. The molecule has 0 aromatic carbocycles. The summed E-state index contributed by atoms with van der Waals surface area (Å²) in [6.07, 6.45) is 69.7. The number of carbonyl (C=O) groups excluding carboxylic acids is 2. The first-order valence-corrected chi connectivity index (χ1v) is 29.8. The van der Waals surface area contributed by atoms with E-state index in [1.54, 1.807) is 0 Å². The molecule has 0 bridgehead atoms. The van der Waals surface area contributed by atoms with Crippen molar-refractivity contribution in [2.24, 2.45) is 0 Å². The molecule has 1 N–H and O–H groups in total. The molecule has 0 amide bonds. The van der Waals surface area contributed by atoms with E-state index in [4.69, 9.17) is 18.9 Å². The van der Waals surface area contributed by atoms with Gasteiger partial charge in [-0.25, -0.2) is 4.79 Å². The van der Waals surface area contributed by atoms with E-state index in [0.29, 0.717) is 11.0 Å². The molecule has 0 aliphatic heterocycles. The predicted octanol–water partition coefficient (Wildman–Crippen LogP) is 17.6. The van der Waals surface area contributed by atoms with Crippen molar-refractivity contribution >= 4 is 17.9 Å². The molecule has 0 saturated heterocycles. The van der Waals surface area contributed by atoms with E-state index in [-0.39, 0.29) is 38.6 Å². The van der Waals surface area contributed by atoms with Crippen LogP contribution in [0.4, 0.5) is 0 Å². The minimum absolute atomic E-state index is 0.183. The first-order valence-electron chi connectivity index (χ1n) is 29.8. The zero-order chi connectivity index (χ0) is 53.4. The minimum Gasteiger partial charge on any atom is -0.477 e. The Morgan fingerprint density at radius 3 is 1.10 bits per heavy atom. The number of quaternary nitrogens is 1. The van der Waals surface area contributed by atoms with Gasteiger partial charge in [0, 0.05) is 12.8 Å². The number of hydrogen-bond acceptors (Lipinski definition) is 7. The Hall–Kier alpha value is -3.53. The first kappa shape index (κ1) is 69.5. The molecule has 9 nitrogen and oxygen atoms in total. The average molecular weight is 1020 g/mol. The molecule has 0 aromatic heterocycles. The van der Waals surface area contributed by atoms with E-state index in [0.717, 1.165) is 103 Å². The van der Waals surface area contributed by atoms with Crippen molar-refractivity contribution in [3.8, 4) is 0 Å². The van der Waals surface area contributed by atoms with Gasteiger partial charge >= 0.3 is 17.9 Å². The van der Waals surface area contributed by atoms with Crippen LogP contribution in [-0.4, -0.2) is 87.4 Å². The van der Waals surface area contributed by atoms with Crippen LogP contribution in [0.2, 0.25) is 0 Å². The molecular weight excluding hydrogens is 911 g/mol. The molecule has 0 fully saturated rings. The lowest BCUT2D eigenvalue weighted by atomic mass is 10.0. The van der Waals surface area contributed by atoms with Crippen LogP contribution in [0.5, 0.6) is 0 Å². The molecule has 0 aromatic rings. The number of esters is 2. The molecule has 0 radical (unpaired) electrons. The summed E-state index contributed by atoms with van der Waals surface area (Å²) >= 11 is 0. The summed E-state index contributed by atoms with van der Waals surface area (Å²) < 4.78 is 22.8. The lowest BCUT2D eigenvalue weighted by Crippen LogP contribution is -2.40. The van der Waals surface area contributed by atoms with E-state index in [1.807, 2.05) is 21.1 Å². The topological polar surface area (TPSA) is 108 Å². The molecule has 0 saturated carbocycles. The second-order valence-corrected chi connectivity index (χ2v) is 20.9. The van der Waals surface area contributed by atoms with Gasteiger partial charge in [0.1, 0.15) is 13.2 Å². The molecule has 0 spiro atoms. The van der Waals surface area contributed by atoms with Gasteiger partial charge in [0.05, 0.1) is 34.4 Å². The quantitative estimate of drug-likeness (QED) is 0.0211. The lowest BCUT2D eigenvalue weighted by molar-refractivity contribution is -0.870. The van der Waals surface area contributed by atoms with E-state index >= 15 is 0 Å². The van der Waals surface area contributed by atoms with Crippen molar-refractivity contribution in [3.63, 3.8) is 0 Å². The van der Waals surface area contributed by atoms with Crippen molar-refractivity contribution in [1.82, 2.24) is 0 Å². The van der Waals surface area contributed by atoms with Crippen molar-refractivity contribution < 1.29 is 42.9 Å². The Labute approximate surface area is 449 Å². The fraction of sp³-hybridized carbons (Fsp3) is 0.734. The number of likely N-dealkylation sites (N-methyl/N-ethyl adjacent to an activating group) is 1. The second kappa shape index (κ2) is 54.7. The van der Waals surface area contributed by atoms with Gasteiger partial charge in [-0.3, -0.25) is 9.59 Å². The highest BCUT2D eigenvalue weighted by atomic mass is 16.7. The summed E-state index contributed by atoms with van der Waals surface area (Å²) in [4.78, 5) is 37.4. The lowest BCUT2D eigenvalue weighted by Gasteiger charge is -2.25. The maximum absolute atomic E-state index is 12.9. The number of carboxylic acid groups (broad SMARTS) is 1. The predicted molar refractivity (Wildman–Crippen MR) is 309 cm³/mol. The summed E-state index contributed by atoms with van der Waals surface area (Å²) in [5.41, 5.74) is 0. The summed E-state index contributed by atoms with van der Waals surface area (Å²) in [6.45, 7) is 4.64. The van der Waals surface area contributed by atoms with Crippen LogP contribution in [0.15, 0.2) is 85.1 Å². The minimum atomic E-state index is -1.52. The van der Waals surface area contributed by atoms with Crippen LogP contribution < -0.4 is 0 Å². The van der Waals surface area contributed by atoms with E-state index in [9.17, 15) is 19.5 Å². The third-order valence-corrected chi connectivity index (χ3v) is 12.6. The number of hydrogen-bond donors (Lipinski definition) is 1. The fourth-order valence-corrected chi connectivity index (χ4v) is 8.14. The number of rotatable bonds is 54. The van der Waals surface area contributed by atoms with Crippen molar-refractivity contribution in [3.05, 3.63) is 85.1 Å². The van der Waals surface area contributed by atoms with Crippen LogP contribution in [0.1, 0.15) is 245 Å². The van der Waals surface area contributed by atoms with Gasteiger partial charge in [-0.2, -0.15) is 0 Å². The number of unbranched alkanes of at least 4 members (excludes halogenated alkanes) is 25. The Bertz CT molecular complexity index is 1470. The largest absolute Gasteiger partial charge is 0.477 e.